The zero-order valence-corrected chi connectivity index (χ0v) is 18.9. The van der Waals surface area contributed by atoms with Gasteiger partial charge >= 0.3 is 5.69 Å². The van der Waals surface area contributed by atoms with Gasteiger partial charge in [0.1, 0.15) is 11.6 Å². The highest BCUT2D eigenvalue weighted by Crippen LogP contribution is 2.61. The van der Waals surface area contributed by atoms with E-state index in [9.17, 15) is 14.4 Å². The zero-order valence-electron chi connectivity index (χ0n) is 18.1. The normalized spacial score (nSPS) is 28.5. The molecule has 3 aromatic rings. The zero-order chi connectivity index (χ0) is 22.2. The molecular weight excluding hydrogens is 430 g/mol. The number of nitrogens with one attached hydrogen (secondary N) is 1. The molecule has 3 heterocycles. The summed E-state index contributed by atoms with van der Waals surface area (Å²) in [5, 5.41) is 12.9. The predicted molar refractivity (Wildman–Crippen MR) is 119 cm³/mol. The van der Waals surface area contributed by atoms with Gasteiger partial charge in [-0.15, -0.1) is 10.2 Å². The lowest BCUT2D eigenvalue weighted by molar-refractivity contribution is -0.116. The second-order valence-corrected chi connectivity index (χ2v) is 10.9. The van der Waals surface area contributed by atoms with Crippen LogP contribution in [0.5, 0.6) is 0 Å². The molecule has 4 fully saturated rings. The fourth-order valence-electron chi connectivity index (χ4n) is 6.70. The molecule has 0 spiro atoms. The molecule has 0 aliphatic heterocycles. The maximum atomic E-state index is 12.8. The molecule has 4 bridgehead atoms. The van der Waals surface area contributed by atoms with Crippen molar-refractivity contribution in [1.82, 2.24) is 28.9 Å². The van der Waals surface area contributed by atoms with E-state index in [1.165, 1.54) is 67.8 Å². The quantitative estimate of drug-likeness (QED) is 0.635. The van der Waals surface area contributed by atoms with Crippen LogP contribution in [0.15, 0.2) is 15.9 Å². The summed E-state index contributed by atoms with van der Waals surface area (Å²) in [7, 11) is 3.22. The topological polar surface area (TPSA) is 117 Å². The third kappa shape index (κ3) is 2.90. The average Bonchev–Trinajstić information content (AvgIpc) is 3.36. The molecule has 7 rings (SSSR count). The number of aryl methyl sites for hydroxylation is 2. The lowest BCUT2D eigenvalue weighted by Crippen LogP contribution is -2.48. The third-order valence-corrected chi connectivity index (χ3v) is 8.75. The van der Waals surface area contributed by atoms with Crippen LogP contribution in [0, 0.1) is 17.8 Å². The summed E-state index contributed by atoms with van der Waals surface area (Å²) >= 11 is 1.44. The summed E-state index contributed by atoms with van der Waals surface area (Å²) in [6, 6.07) is 0. The molecule has 0 radical (unpaired) electrons. The maximum Gasteiger partial charge on any atom is 0.332 e. The number of imidazole rings is 1. The lowest BCUT2D eigenvalue weighted by atomic mass is 9.50. The van der Waals surface area contributed by atoms with Gasteiger partial charge in [0.05, 0.1) is 6.33 Å². The molecule has 0 aromatic carbocycles. The minimum atomic E-state index is -0.581. The van der Waals surface area contributed by atoms with Gasteiger partial charge in [0.25, 0.3) is 5.56 Å². The Morgan fingerprint density at radius 1 is 1.12 bits per heavy atom. The number of fused-ring (bicyclic) bond motifs is 1. The van der Waals surface area contributed by atoms with Crippen molar-refractivity contribution >= 4 is 33.5 Å². The molecule has 3 aromatic heterocycles. The number of amides is 1. The van der Waals surface area contributed by atoms with Crippen molar-refractivity contribution in [3.63, 3.8) is 0 Å². The largest absolute Gasteiger partial charge is 0.332 e. The van der Waals surface area contributed by atoms with Crippen molar-refractivity contribution in [2.45, 2.75) is 50.5 Å². The van der Waals surface area contributed by atoms with E-state index in [0.29, 0.717) is 10.8 Å². The van der Waals surface area contributed by atoms with Gasteiger partial charge in [0, 0.05) is 19.5 Å². The fourth-order valence-corrected chi connectivity index (χ4v) is 7.68. The van der Waals surface area contributed by atoms with E-state index in [2.05, 4.69) is 20.5 Å². The summed E-state index contributed by atoms with van der Waals surface area (Å²) in [6.07, 6.45) is 9.07. The Balaban J connectivity index is 1.24. The molecule has 0 saturated heterocycles. The lowest BCUT2D eigenvalue weighted by Gasteiger charge is -2.55. The first-order chi connectivity index (χ1) is 15.3. The van der Waals surface area contributed by atoms with Crippen LogP contribution in [0.4, 0.5) is 5.13 Å². The first-order valence-corrected chi connectivity index (χ1v) is 11.9. The van der Waals surface area contributed by atoms with Crippen molar-refractivity contribution < 1.29 is 4.79 Å². The molecule has 1 amide bonds. The number of rotatable bonds is 4. The van der Waals surface area contributed by atoms with Gasteiger partial charge in [-0.25, -0.2) is 14.3 Å². The summed E-state index contributed by atoms with van der Waals surface area (Å²) < 4.78 is 3.76. The van der Waals surface area contributed by atoms with Crippen LogP contribution in [0.25, 0.3) is 11.2 Å². The Morgan fingerprint density at radius 2 is 1.78 bits per heavy atom. The van der Waals surface area contributed by atoms with Crippen LogP contribution in [0.3, 0.4) is 0 Å². The van der Waals surface area contributed by atoms with Crippen LogP contribution in [-0.2, 0) is 30.8 Å². The molecule has 4 saturated carbocycles. The molecule has 0 unspecified atom stereocenters. The summed E-state index contributed by atoms with van der Waals surface area (Å²) in [4.78, 5) is 42.3. The minimum absolute atomic E-state index is 0.118. The van der Waals surface area contributed by atoms with Crippen LogP contribution in [0.1, 0.15) is 43.5 Å². The number of anilines is 1. The van der Waals surface area contributed by atoms with Crippen molar-refractivity contribution in [1.29, 1.82) is 0 Å². The molecule has 0 atom stereocenters. The highest BCUT2D eigenvalue weighted by atomic mass is 32.1. The van der Waals surface area contributed by atoms with E-state index in [1.54, 1.807) is 11.6 Å². The second-order valence-electron chi connectivity index (χ2n) is 9.92. The van der Waals surface area contributed by atoms with Crippen molar-refractivity contribution in [2.75, 3.05) is 5.32 Å². The van der Waals surface area contributed by atoms with E-state index in [4.69, 9.17) is 0 Å². The summed E-state index contributed by atoms with van der Waals surface area (Å²) in [5.74, 6) is 1.92. The molecule has 1 N–H and O–H groups in total. The number of hydrogen-bond donors (Lipinski definition) is 1. The molecule has 168 valence electrons. The van der Waals surface area contributed by atoms with E-state index in [1.807, 2.05) is 0 Å². The molecule has 10 nitrogen and oxygen atoms in total. The third-order valence-electron chi connectivity index (χ3n) is 7.67. The van der Waals surface area contributed by atoms with E-state index in [0.717, 1.165) is 27.3 Å². The van der Waals surface area contributed by atoms with Gasteiger partial charge in [0.15, 0.2) is 11.2 Å². The Bertz CT molecular complexity index is 1330. The number of carbonyl (C=O) groups is 1. The summed E-state index contributed by atoms with van der Waals surface area (Å²) in [6.45, 7) is -0.390. The van der Waals surface area contributed by atoms with Crippen LogP contribution in [-0.4, -0.2) is 34.8 Å². The summed E-state index contributed by atoms with van der Waals surface area (Å²) in [5.41, 5.74) is -0.427. The first kappa shape index (κ1) is 19.8. The van der Waals surface area contributed by atoms with Gasteiger partial charge in [-0.3, -0.25) is 19.5 Å². The van der Waals surface area contributed by atoms with Crippen LogP contribution < -0.4 is 16.6 Å². The number of aromatic nitrogens is 6. The monoisotopic (exact) mass is 455 g/mol. The Kier molecular flexibility index (Phi) is 4.24. The van der Waals surface area contributed by atoms with E-state index in [-0.39, 0.29) is 17.5 Å². The minimum Gasteiger partial charge on any atom is -0.328 e. The van der Waals surface area contributed by atoms with E-state index < -0.39 is 17.2 Å². The van der Waals surface area contributed by atoms with Crippen molar-refractivity contribution in [2.24, 2.45) is 31.8 Å². The number of carbonyl (C=O) groups excluding carboxylic acids is 1. The highest BCUT2D eigenvalue weighted by Gasteiger charge is 2.53. The molecular formula is C21H25N7O3S. The predicted octanol–water partition coefficient (Wildman–Crippen LogP) is 1.39. The van der Waals surface area contributed by atoms with Gasteiger partial charge in [-0.2, -0.15) is 0 Å². The molecule has 11 heteroatoms. The fraction of sp³-hybridized carbons (Fsp3) is 0.619. The Morgan fingerprint density at radius 3 is 2.44 bits per heavy atom. The number of nitrogens with zero attached hydrogens (tertiary/aromatic N) is 6. The smallest absolute Gasteiger partial charge is 0.328 e. The standard InChI is InChI=1S/C21H25N7O3S/c1-26-10-22-16-15(26)17(30)28(20(31)27(16)2)9-14(29)23-19-25-24-18(32-19)21-6-11-3-12(7-21)5-13(4-11)8-21/h10-13H,3-9H2,1-2H3,(H,23,25,29). The van der Waals surface area contributed by atoms with Gasteiger partial charge in [-0.05, 0) is 56.3 Å². The van der Waals surface area contributed by atoms with Crippen LogP contribution >= 0.6 is 11.3 Å². The highest BCUT2D eigenvalue weighted by molar-refractivity contribution is 7.15. The molecule has 32 heavy (non-hydrogen) atoms. The number of hydrogen-bond acceptors (Lipinski definition) is 7. The molecule has 4 aliphatic carbocycles. The maximum absolute atomic E-state index is 12.8. The Labute approximate surface area is 187 Å². The van der Waals surface area contributed by atoms with Crippen molar-refractivity contribution in [3.05, 3.63) is 32.2 Å². The molecule has 4 aliphatic rings. The average molecular weight is 456 g/mol. The van der Waals surface area contributed by atoms with Crippen LogP contribution in [0.2, 0.25) is 0 Å². The SMILES string of the molecule is Cn1cnc2c1c(=O)n(CC(=O)Nc1nnc(C34CC5CC(CC(C5)C3)C4)s1)c(=O)n2C. The van der Waals surface area contributed by atoms with E-state index >= 15 is 0 Å². The van der Waals surface area contributed by atoms with Gasteiger partial charge in [-0.1, -0.05) is 11.3 Å². The van der Waals surface area contributed by atoms with Gasteiger partial charge in [0.2, 0.25) is 11.0 Å². The Hall–Kier alpha value is -2.82. The first-order valence-electron chi connectivity index (χ1n) is 11.1. The van der Waals surface area contributed by atoms with Gasteiger partial charge < -0.3 is 4.57 Å². The van der Waals surface area contributed by atoms with Crippen molar-refractivity contribution in [3.8, 4) is 0 Å². The second kappa shape index (κ2) is 6.84.